The monoisotopic (exact) mass is 266 g/mol. The highest BCUT2D eigenvalue weighted by atomic mass is 35.5. The van der Waals surface area contributed by atoms with Gasteiger partial charge in [-0.25, -0.2) is 0 Å². The molecule has 1 saturated heterocycles. The van der Waals surface area contributed by atoms with E-state index >= 15 is 0 Å². The van der Waals surface area contributed by atoms with Gasteiger partial charge >= 0.3 is 0 Å². The Morgan fingerprint density at radius 2 is 2.00 bits per heavy atom. The zero-order valence-corrected chi connectivity index (χ0v) is 11.7. The minimum Gasteiger partial charge on any atom is -0.354 e. The normalized spacial score (nSPS) is 19.0. The SMILES string of the molecule is CC(C)[C@H](N)C(=O)NCC1CCSCC1.Cl. The molecule has 0 unspecified atom stereocenters. The van der Waals surface area contributed by atoms with Crippen LogP contribution in [0.3, 0.4) is 0 Å². The number of thioether (sulfide) groups is 1. The first-order chi connectivity index (χ1) is 7.11. The van der Waals surface area contributed by atoms with Crippen LogP contribution in [0.15, 0.2) is 0 Å². The van der Waals surface area contributed by atoms with Crippen LogP contribution in [0.4, 0.5) is 0 Å². The van der Waals surface area contributed by atoms with Gasteiger partial charge in [0, 0.05) is 6.54 Å². The van der Waals surface area contributed by atoms with Crippen LogP contribution < -0.4 is 11.1 Å². The number of carbonyl (C=O) groups is 1. The van der Waals surface area contributed by atoms with Crippen LogP contribution in [0, 0.1) is 11.8 Å². The lowest BCUT2D eigenvalue weighted by molar-refractivity contribution is -0.123. The van der Waals surface area contributed by atoms with Gasteiger partial charge < -0.3 is 11.1 Å². The first-order valence-corrected chi connectivity index (χ1v) is 6.87. The third-order valence-corrected chi connectivity index (χ3v) is 3.98. The Hall–Kier alpha value is 0.0700. The molecule has 1 atom stereocenters. The Balaban J connectivity index is 0.00000225. The number of nitrogens with one attached hydrogen (secondary N) is 1. The maximum Gasteiger partial charge on any atom is 0.237 e. The van der Waals surface area contributed by atoms with Gasteiger partial charge in [-0.3, -0.25) is 4.79 Å². The quantitative estimate of drug-likeness (QED) is 0.814. The van der Waals surface area contributed by atoms with Gasteiger partial charge in [-0.05, 0) is 36.2 Å². The second-order valence-corrected chi connectivity index (χ2v) is 5.80. The van der Waals surface area contributed by atoms with Crippen molar-refractivity contribution < 1.29 is 4.79 Å². The Morgan fingerprint density at radius 1 is 1.44 bits per heavy atom. The third-order valence-electron chi connectivity index (χ3n) is 2.93. The molecule has 1 fully saturated rings. The molecule has 1 aliphatic rings. The third kappa shape index (κ3) is 5.41. The van der Waals surface area contributed by atoms with Crippen LogP contribution in [-0.4, -0.2) is 30.0 Å². The van der Waals surface area contributed by atoms with E-state index in [0.29, 0.717) is 5.92 Å². The van der Waals surface area contributed by atoms with Crippen LogP contribution >= 0.6 is 24.2 Å². The molecule has 1 amide bonds. The van der Waals surface area contributed by atoms with E-state index in [2.05, 4.69) is 5.32 Å². The summed E-state index contributed by atoms with van der Waals surface area (Å²) >= 11 is 2.01. The fourth-order valence-corrected chi connectivity index (χ4v) is 2.82. The lowest BCUT2D eigenvalue weighted by Crippen LogP contribution is -2.45. The van der Waals surface area contributed by atoms with E-state index in [1.807, 2.05) is 25.6 Å². The van der Waals surface area contributed by atoms with E-state index in [9.17, 15) is 4.79 Å². The van der Waals surface area contributed by atoms with Crippen LogP contribution in [0.25, 0.3) is 0 Å². The number of nitrogens with two attached hydrogens (primary N) is 1. The summed E-state index contributed by atoms with van der Waals surface area (Å²) in [7, 11) is 0. The van der Waals surface area contributed by atoms with Gasteiger partial charge in [-0.1, -0.05) is 13.8 Å². The molecule has 0 bridgehead atoms. The van der Waals surface area contributed by atoms with E-state index in [1.165, 1.54) is 24.3 Å². The fourth-order valence-electron chi connectivity index (χ4n) is 1.62. The number of amides is 1. The average molecular weight is 267 g/mol. The number of carbonyl (C=O) groups excluding carboxylic acids is 1. The smallest absolute Gasteiger partial charge is 0.237 e. The molecule has 0 saturated carbocycles. The molecule has 1 rings (SSSR count). The Labute approximate surface area is 109 Å². The maximum absolute atomic E-state index is 11.6. The van der Waals surface area contributed by atoms with Crippen molar-refractivity contribution >= 4 is 30.1 Å². The molecule has 0 spiro atoms. The summed E-state index contributed by atoms with van der Waals surface area (Å²) in [6.45, 7) is 4.75. The van der Waals surface area contributed by atoms with Gasteiger partial charge in [-0.15, -0.1) is 12.4 Å². The van der Waals surface area contributed by atoms with Crippen molar-refractivity contribution in [2.45, 2.75) is 32.7 Å². The average Bonchev–Trinajstić information content (AvgIpc) is 2.26. The molecule has 1 aliphatic heterocycles. The molecule has 5 heteroatoms. The van der Waals surface area contributed by atoms with Crippen LogP contribution in [0.2, 0.25) is 0 Å². The Morgan fingerprint density at radius 3 is 2.50 bits per heavy atom. The zero-order chi connectivity index (χ0) is 11.3. The number of hydrogen-bond donors (Lipinski definition) is 2. The maximum atomic E-state index is 11.6. The highest BCUT2D eigenvalue weighted by Crippen LogP contribution is 2.21. The van der Waals surface area contributed by atoms with Gasteiger partial charge in [0.05, 0.1) is 6.04 Å². The topological polar surface area (TPSA) is 55.1 Å². The van der Waals surface area contributed by atoms with Crippen molar-refractivity contribution in [1.82, 2.24) is 5.32 Å². The zero-order valence-electron chi connectivity index (χ0n) is 10.1. The second-order valence-electron chi connectivity index (χ2n) is 4.57. The molecule has 96 valence electrons. The largest absolute Gasteiger partial charge is 0.354 e. The minimum absolute atomic E-state index is 0. The highest BCUT2D eigenvalue weighted by molar-refractivity contribution is 7.99. The number of halogens is 1. The predicted octanol–water partition coefficient (Wildman–Crippen LogP) is 1.65. The van der Waals surface area contributed by atoms with E-state index in [1.54, 1.807) is 0 Å². The molecule has 0 aliphatic carbocycles. The molecular weight excluding hydrogens is 244 g/mol. The summed E-state index contributed by atoms with van der Waals surface area (Å²) in [5.74, 6) is 3.35. The first-order valence-electron chi connectivity index (χ1n) is 5.72. The standard InChI is InChI=1S/C11H22N2OS.ClH/c1-8(2)10(12)11(14)13-7-9-3-5-15-6-4-9;/h8-10H,3-7,12H2,1-2H3,(H,13,14);1H/t10-;/m0./s1. The van der Waals surface area contributed by atoms with Crippen molar-refractivity contribution in [2.24, 2.45) is 17.6 Å². The summed E-state index contributed by atoms with van der Waals surface area (Å²) < 4.78 is 0. The highest BCUT2D eigenvalue weighted by Gasteiger charge is 2.19. The van der Waals surface area contributed by atoms with E-state index in [-0.39, 0.29) is 30.3 Å². The lowest BCUT2D eigenvalue weighted by atomic mass is 10.0. The van der Waals surface area contributed by atoms with E-state index in [0.717, 1.165) is 6.54 Å². The van der Waals surface area contributed by atoms with Crippen LogP contribution in [0.1, 0.15) is 26.7 Å². The van der Waals surface area contributed by atoms with Gasteiger partial charge in [0.1, 0.15) is 0 Å². The lowest BCUT2D eigenvalue weighted by Gasteiger charge is -2.23. The molecular formula is C11H23ClN2OS. The Bertz CT molecular complexity index is 208. The molecule has 0 radical (unpaired) electrons. The van der Waals surface area contributed by atoms with Gasteiger partial charge in [0.25, 0.3) is 0 Å². The number of rotatable bonds is 4. The fraction of sp³-hybridized carbons (Fsp3) is 0.909. The second kappa shape index (κ2) is 8.20. The summed E-state index contributed by atoms with van der Waals surface area (Å²) in [6, 6.07) is -0.358. The van der Waals surface area contributed by atoms with Crippen LogP contribution in [0.5, 0.6) is 0 Å². The van der Waals surface area contributed by atoms with Gasteiger partial charge in [-0.2, -0.15) is 11.8 Å². The summed E-state index contributed by atoms with van der Waals surface area (Å²) in [4.78, 5) is 11.6. The summed E-state index contributed by atoms with van der Waals surface area (Å²) in [6.07, 6.45) is 2.45. The molecule has 3 nitrogen and oxygen atoms in total. The molecule has 0 aromatic heterocycles. The molecule has 1 heterocycles. The van der Waals surface area contributed by atoms with Gasteiger partial charge in [0.15, 0.2) is 0 Å². The Kier molecular flexibility index (Phi) is 8.24. The predicted molar refractivity (Wildman–Crippen MR) is 73.1 cm³/mol. The van der Waals surface area contributed by atoms with Crippen molar-refractivity contribution in [3.63, 3.8) is 0 Å². The summed E-state index contributed by atoms with van der Waals surface area (Å²) in [5, 5.41) is 2.96. The minimum atomic E-state index is -0.358. The van der Waals surface area contributed by atoms with Crippen LogP contribution in [-0.2, 0) is 4.79 Å². The van der Waals surface area contributed by atoms with Crippen molar-refractivity contribution in [3.8, 4) is 0 Å². The van der Waals surface area contributed by atoms with Crippen molar-refractivity contribution in [1.29, 1.82) is 0 Å². The van der Waals surface area contributed by atoms with Gasteiger partial charge in [0.2, 0.25) is 5.91 Å². The molecule has 3 N–H and O–H groups in total. The van der Waals surface area contributed by atoms with E-state index < -0.39 is 0 Å². The number of hydrogen-bond acceptors (Lipinski definition) is 3. The van der Waals surface area contributed by atoms with Crippen molar-refractivity contribution in [2.75, 3.05) is 18.1 Å². The molecule has 0 aromatic rings. The summed E-state index contributed by atoms with van der Waals surface area (Å²) in [5.41, 5.74) is 5.76. The van der Waals surface area contributed by atoms with Crippen molar-refractivity contribution in [3.05, 3.63) is 0 Å². The van der Waals surface area contributed by atoms with E-state index in [4.69, 9.17) is 5.73 Å². The molecule has 0 aromatic carbocycles. The first kappa shape index (κ1) is 16.1. The molecule has 16 heavy (non-hydrogen) atoms.